The first-order valence-corrected chi connectivity index (χ1v) is 6.12. The van der Waals surface area contributed by atoms with Crippen molar-refractivity contribution < 1.29 is 14.3 Å². The van der Waals surface area contributed by atoms with E-state index in [9.17, 15) is 9.59 Å². The molecule has 0 radical (unpaired) electrons. The Labute approximate surface area is 114 Å². The van der Waals surface area contributed by atoms with Gasteiger partial charge in [0.25, 0.3) is 0 Å². The lowest BCUT2D eigenvalue weighted by atomic mass is 10.1. The van der Waals surface area contributed by atoms with Crippen LogP contribution in [0.4, 0.5) is 5.69 Å². The molecule has 6 heteroatoms. The van der Waals surface area contributed by atoms with E-state index in [0.29, 0.717) is 15.7 Å². The lowest BCUT2D eigenvalue weighted by molar-refractivity contribution is -0.145. The van der Waals surface area contributed by atoms with Gasteiger partial charge in [0.05, 0.1) is 28.8 Å². The first kappa shape index (κ1) is 13.2. The number of anilines is 1. The molecule has 96 valence electrons. The van der Waals surface area contributed by atoms with Crippen molar-refractivity contribution in [1.82, 2.24) is 0 Å². The molecule has 1 amide bonds. The monoisotopic (exact) mass is 287 g/mol. The first-order valence-electron chi connectivity index (χ1n) is 5.36. The molecule has 1 fully saturated rings. The normalized spacial score (nSPS) is 19.2. The third kappa shape index (κ3) is 2.31. The zero-order chi connectivity index (χ0) is 13.3. The Balaban J connectivity index is 2.27. The van der Waals surface area contributed by atoms with Crippen LogP contribution >= 0.6 is 23.2 Å². The molecule has 1 aromatic rings. The van der Waals surface area contributed by atoms with Crippen LogP contribution in [0.2, 0.25) is 10.0 Å². The van der Waals surface area contributed by atoms with Crippen molar-refractivity contribution in [2.24, 2.45) is 5.92 Å². The number of hydrogen-bond acceptors (Lipinski definition) is 3. The highest BCUT2D eigenvalue weighted by Crippen LogP contribution is 2.35. The Morgan fingerprint density at radius 3 is 2.83 bits per heavy atom. The number of methoxy groups -OCH3 is 1. The molecular weight excluding hydrogens is 277 g/mol. The van der Waals surface area contributed by atoms with Crippen molar-refractivity contribution in [2.45, 2.75) is 6.42 Å². The second kappa shape index (κ2) is 5.16. The number of ether oxygens (including phenoxy) is 1. The van der Waals surface area contributed by atoms with E-state index in [4.69, 9.17) is 23.2 Å². The van der Waals surface area contributed by atoms with Crippen molar-refractivity contribution in [2.75, 3.05) is 18.6 Å². The van der Waals surface area contributed by atoms with Crippen LogP contribution in [0.15, 0.2) is 18.2 Å². The molecule has 0 bridgehead atoms. The molecule has 0 spiro atoms. The molecule has 4 nitrogen and oxygen atoms in total. The van der Waals surface area contributed by atoms with Crippen molar-refractivity contribution in [3.8, 4) is 0 Å². The van der Waals surface area contributed by atoms with Crippen molar-refractivity contribution >= 4 is 40.8 Å². The summed E-state index contributed by atoms with van der Waals surface area (Å²) in [4.78, 5) is 24.8. The second-order valence-corrected chi connectivity index (χ2v) is 4.79. The number of hydrogen-bond donors (Lipinski definition) is 0. The Kier molecular flexibility index (Phi) is 3.78. The Bertz CT molecular complexity index is 504. The molecule has 0 aromatic heterocycles. The quantitative estimate of drug-likeness (QED) is 0.786. The molecular formula is C12H11Cl2NO3. The van der Waals surface area contributed by atoms with Gasteiger partial charge in [-0.25, -0.2) is 0 Å². The molecule has 1 heterocycles. The first-order chi connectivity index (χ1) is 8.54. The van der Waals surface area contributed by atoms with E-state index >= 15 is 0 Å². The summed E-state index contributed by atoms with van der Waals surface area (Å²) in [6.45, 7) is 0.269. The zero-order valence-electron chi connectivity index (χ0n) is 9.65. The van der Waals surface area contributed by atoms with E-state index in [1.165, 1.54) is 12.0 Å². The maximum atomic E-state index is 11.9. The van der Waals surface area contributed by atoms with Crippen LogP contribution in [-0.4, -0.2) is 25.5 Å². The van der Waals surface area contributed by atoms with E-state index in [0.717, 1.165) is 0 Å². The smallest absolute Gasteiger partial charge is 0.311 e. The third-order valence-electron chi connectivity index (χ3n) is 2.88. The summed E-state index contributed by atoms with van der Waals surface area (Å²) in [5.74, 6) is -0.990. The van der Waals surface area contributed by atoms with Crippen LogP contribution in [-0.2, 0) is 14.3 Å². The number of esters is 1. The number of carbonyl (C=O) groups is 2. The van der Waals surface area contributed by atoms with Gasteiger partial charge in [0.1, 0.15) is 0 Å². The molecule has 1 saturated heterocycles. The highest BCUT2D eigenvalue weighted by molar-refractivity contribution is 6.44. The van der Waals surface area contributed by atoms with E-state index in [-0.39, 0.29) is 24.8 Å². The zero-order valence-corrected chi connectivity index (χ0v) is 11.2. The number of benzene rings is 1. The molecule has 2 rings (SSSR count). The van der Waals surface area contributed by atoms with Gasteiger partial charge in [-0.05, 0) is 12.1 Å². The fraction of sp³-hybridized carbons (Fsp3) is 0.333. The number of amides is 1. The minimum Gasteiger partial charge on any atom is -0.469 e. The minimum absolute atomic E-state index is 0.134. The van der Waals surface area contributed by atoms with Crippen molar-refractivity contribution in [3.05, 3.63) is 28.2 Å². The van der Waals surface area contributed by atoms with Gasteiger partial charge >= 0.3 is 5.97 Å². The van der Waals surface area contributed by atoms with Crippen LogP contribution in [0, 0.1) is 5.92 Å². The maximum Gasteiger partial charge on any atom is 0.311 e. The van der Waals surface area contributed by atoms with Crippen LogP contribution in [0.3, 0.4) is 0 Å². The van der Waals surface area contributed by atoms with Crippen LogP contribution in [0.25, 0.3) is 0 Å². The molecule has 0 aliphatic carbocycles. The minimum atomic E-state index is -0.447. The van der Waals surface area contributed by atoms with E-state index in [1.54, 1.807) is 18.2 Å². The highest BCUT2D eigenvalue weighted by Gasteiger charge is 2.36. The maximum absolute atomic E-state index is 11.9. The Hall–Kier alpha value is -1.26. The van der Waals surface area contributed by atoms with Crippen LogP contribution in [0.5, 0.6) is 0 Å². The van der Waals surface area contributed by atoms with E-state index in [1.807, 2.05) is 0 Å². The van der Waals surface area contributed by atoms with Crippen molar-refractivity contribution in [3.63, 3.8) is 0 Å². The molecule has 0 saturated carbocycles. The highest BCUT2D eigenvalue weighted by atomic mass is 35.5. The molecule has 1 aromatic carbocycles. The fourth-order valence-corrected chi connectivity index (χ4v) is 2.36. The molecule has 1 atom stereocenters. The lowest BCUT2D eigenvalue weighted by Gasteiger charge is -2.18. The molecule has 1 unspecified atom stereocenters. The number of nitrogens with zero attached hydrogens (tertiary/aromatic N) is 1. The fourth-order valence-electron chi connectivity index (χ4n) is 1.97. The van der Waals surface area contributed by atoms with E-state index < -0.39 is 5.92 Å². The topological polar surface area (TPSA) is 46.6 Å². The van der Waals surface area contributed by atoms with Gasteiger partial charge in [-0.2, -0.15) is 0 Å². The summed E-state index contributed by atoms with van der Waals surface area (Å²) in [6.07, 6.45) is 0.134. The van der Waals surface area contributed by atoms with Gasteiger partial charge in [0, 0.05) is 13.0 Å². The number of carbonyl (C=O) groups excluding carboxylic acids is 2. The SMILES string of the molecule is COC(=O)C1CC(=O)N(c2cccc(Cl)c2Cl)C1. The lowest BCUT2D eigenvalue weighted by Crippen LogP contribution is -2.26. The van der Waals surface area contributed by atoms with Crippen LogP contribution < -0.4 is 4.90 Å². The summed E-state index contributed by atoms with van der Waals surface area (Å²) in [7, 11) is 1.31. The number of halogens is 2. The predicted molar refractivity (Wildman–Crippen MR) is 68.9 cm³/mol. The second-order valence-electron chi connectivity index (χ2n) is 4.00. The average molecular weight is 288 g/mol. The summed E-state index contributed by atoms with van der Waals surface area (Å²) in [6, 6.07) is 5.06. The largest absolute Gasteiger partial charge is 0.469 e. The van der Waals surface area contributed by atoms with Gasteiger partial charge < -0.3 is 9.64 Å². The Morgan fingerprint density at radius 2 is 2.17 bits per heavy atom. The van der Waals surface area contributed by atoms with Crippen molar-refractivity contribution in [1.29, 1.82) is 0 Å². The van der Waals surface area contributed by atoms with Crippen LogP contribution in [0.1, 0.15) is 6.42 Å². The number of rotatable bonds is 2. The van der Waals surface area contributed by atoms with Gasteiger partial charge in [0.2, 0.25) is 5.91 Å². The molecule has 0 N–H and O–H groups in total. The Morgan fingerprint density at radius 1 is 1.44 bits per heavy atom. The van der Waals surface area contributed by atoms with E-state index in [2.05, 4.69) is 4.74 Å². The summed E-state index contributed by atoms with van der Waals surface area (Å²) in [5.41, 5.74) is 0.528. The van der Waals surface area contributed by atoms with Gasteiger partial charge in [-0.1, -0.05) is 29.3 Å². The molecule has 18 heavy (non-hydrogen) atoms. The molecule has 1 aliphatic rings. The van der Waals surface area contributed by atoms with Gasteiger partial charge in [-0.3, -0.25) is 9.59 Å². The predicted octanol–water partition coefficient (Wildman–Crippen LogP) is 2.52. The summed E-state index contributed by atoms with van der Waals surface area (Å²) >= 11 is 12.0. The summed E-state index contributed by atoms with van der Waals surface area (Å²) in [5, 5.41) is 0.696. The standard InChI is InChI=1S/C12H11Cl2NO3/c1-18-12(17)7-5-10(16)15(6-7)9-4-2-3-8(13)11(9)14/h2-4,7H,5-6H2,1H3. The average Bonchev–Trinajstić information content (AvgIpc) is 2.74. The molecule has 1 aliphatic heterocycles. The third-order valence-corrected chi connectivity index (χ3v) is 3.69. The summed E-state index contributed by atoms with van der Waals surface area (Å²) < 4.78 is 4.64. The van der Waals surface area contributed by atoms with Gasteiger partial charge in [0.15, 0.2) is 0 Å². The van der Waals surface area contributed by atoms with Gasteiger partial charge in [-0.15, -0.1) is 0 Å².